The van der Waals surface area contributed by atoms with Gasteiger partial charge in [0.25, 0.3) is 0 Å². The minimum Gasteiger partial charge on any atom is -0.351 e. The molecule has 106 valence electrons. The molecule has 0 bridgehead atoms. The number of hydrogen-bond donors (Lipinski definition) is 0. The third-order valence-corrected chi connectivity index (χ3v) is 3.81. The van der Waals surface area contributed by atoms with Gasteiger partial charge in [-0.2, -0.15) is 5.26 Å². The van der Waals surface area contributed by atoms with E-state index in [0.29, 0.717) is 13.0 Å². The molecule has 5 nitrogen and oxygen atoms in total. The van der Waals surface area contributed by atoms with E-state index in [9.17, 15) is 0 Å². The summed E-state index contributed by atoms with van der Waals surface area (Å²) in [5.74, 6) is 0.250. The topological polar surface area (TPSA) is 54.7 Å². The van der Waals surface area contributed by atoms with Crippen molar-refractivity contribution in [1.82, 2.24) is 5.23 Å². The molecule has 0 N–H and O–H groups in total. The monoisotopic (exact) mass is 274 g/mol. The molecule has 0 aliphatic carbocycles. The van der Waals surface area contributed by atoms with Gasteiger partial charge in [-0.15, -0.1) is 0 Å². The predicted molar refractivity (Wildman–Crippen MR) is 71.0 cm³/mol. The third-order valence-electron chi connectivity index (χ3n) is 3.81. The lowest BCUT2D eigenvalue weighted by atomic mass is 9.85. The van der Waals surface area contributed by atoms with Crippen molar-refractivity contribution in [3.05, 3.63) is 35.9 Å². The van der Waals surface area contributed by atoms with Gasteiger partial charge in [-0.05, 0) is 12.5 Å². The van der Waals surface area contributed by atoms with Crippen molar-refractivity contribution >= 4 is 0 Å². The number of rotatable bonds is 3. The molecule has 1 aromatic carbocycles. The zero-order valence-corrected chi connectivity index (χ0v) is 11.4. The lowest BCUT2D eigenvalue weighted by Crippen LogP contribution is -2.44. The van der Waals surface area contributed by atoms with Gasteiger partial charge in [0.1, 0.15) is 0 Å². The second-order valence-corrected chi connectivity index (χ2v) is 5.05. The molecule has 2 heterocycles. The van der Waals surface area contributed by atoms with Gasteiger partial charge in [0.15, 0.2) is 12.4 Å². The van der Waals surface area contributed by atoms with Gasteiger partial charge < -0.3 is 4.74 Å². The fraction of sp³-hybridized carbons (Fsp3) is 0.533. The predicted octanol–water partition coefficient (Wildman–Crippen LogP) is 2.37. The summed E-state index contributed by atoms with van der Waals surface area (Å²) >= 11 is 0. The fourth-order valence-electron chi connectivity index (χ4n) is 2.91. The molecule has 4 atom stereocenters. The smallest absolute Gasteiger partial charge is 0.180 e. The minimum absolute atomic E-state index is 0.0683. The third kappa shape index (κ3) is 2.56. The standard InChI is InChI=1S/C15H18N2O3/c1-2-18-15-9-13(11-6-4-3-5-7-11)14-8-12(10-16)19-17(14)20-15/h3-7,12-15H,2,8-9H2,1H3/t12-,13-,14-,15+/m1/s1. The van der Waals surface area contributed by atoms with Gasteiger partial charge in [0, 0.05) is 25.4 Å². The van der Waals surface area contributed by atoms with Crippen LogP contribution in [-0.2, 0) is 14.4 Å². The fourth-order valence-corrected chi connectivity index (χ4v) is 2.91. The second-order valence-electron chi connectivity index (χ2n) is 5.05. The van der Waals surface area contributed by atoms with Gasteiger partial charge >= 0.3 is 0 Å². The van der Waals surface area contributed by atoms with E-state index in [1.54, 1.807) is 0 Å². The molecule has 2 fully saturated rings. The second kappa shape index (κ2) is 5.90. The van der Waals surface area contributed by atoms with Gasteiger partial charge in [-0.3, -0.25) is 4.84 Å². The molecule has 3 rings (SSSR count). The maximum absolute atomic E-state index is 9.05. The number of nitriles is 1. The van der Waals surface area contributed by atoms with Crippen LogP contribution in [0.2, 0.25) is 0 Å². The number of fused-ring (bicyclic) bond motifs is 1. The van der Waals surface area contributed by atoms with E-state index in [2.05, 4.69) is 18.2 Å². The average Bonchev–Trinajstić information content (AvgIpc) is 2.91. The van der Waals surface area contributed by atoms with E-state index in [1.807, 2.05) is 25.1 Å². The highest BCUT2D eigenvalue weighted by molar-refractivity contribution is 5.22. The quantitative estimate of drug-likeness (QED) is 0.847. The Balaban J connectivity index is 1.84. The summed E-state index contributed by atoms with van der Waals surface area (Å²) in [5.41, 5.74) is 1.23. The first-order chi connectivity index (χ1) is 9.81. The number of nitrogens with zero attached hydrogens (tertiary/aromatic N) is 2. The van der Waals surface area contributed by atoms with Crippen molar-refractivity contribution in [2.45, 2.75) is 44.1 Å². The van der Waals surface area contributed by atoms with Crippen molar-refractivity contribution in [3.8, 4) is 6.07 Å². The maximum Gasteiger partial charge on any atom is 0.180 e. The Kier molecular flexibility index (Phi) is 3.99. The van der Waals surface area contributed by atoms with Gasteiger partial charge in [0.05, 0.1) is 12.1 Å². The Morgan fingerprint density at radius 2 is 2.10 bits per heavy atom. The van der Waals surface area contributed by atoms with Crippen LogP contribution in [0.1, 0.15) is 31.2 Å². The lowest BCUT2D eigenvalue weighted by Gasteiger charge is -2.38. The van der Waals surface area contributed by atoms with Gasteiger partial charge in [-0.25, -0.2) is 4.84 Å². The van der Waals surface area contributed by atoms with Crippen LogP contribution < -0.4 is 0 Å². The molecular formula is C15H18N2O3. The molecule has 1 aromatic rings. The summed E-state index contributed by atoms with van der Waals surface area (Å²) in [5, 5.41) is 10.5. The molecule has 0 saturated carbocycles. The molecule has 2 aliphatic heterocycles. The molecule has 2 saturated heterocycles. The molecule has 20 heavy (non-hydrogen) atoms. The molecular weight excluding hydrogens is 256 g/mol. The first-order valence-electron chi connectivity index (χ1n) is 7.00. The zero-order valence-electron chi connectivity index (χ0n) is 11.4. The molecule has 0 aromatic heterocycles. The normalized spacial score (nSPS) is 33.6. The van der Waals surface area contributed by atoms with Crippen LogP contribution in [0.5, 0.6) is 0 Å². The Bertz CT molecular complexity index is 488. The molecule has 0 unspecified atom stereocenters. The largest absolute Gasteiger partial charge is 0.351 e. The summed E-state index contributed by atoms with van der Waals surface area (Å²) in [6.45, 7) is 2.53. The molecule has 0 amide bonds. The highest BCUT2D eigenvalue weighted by Crippen LogP contribution is 2.40. The van der Waals surface area contributed by atoms with Crippen LogP contribution in [0.25, 0.3) is 0 Å². The zero-order chi connectivity index (χ0) is 13.9. The van der Waals surface area contributed by atoms with E-state index in [0.717, 1.165) is 6.42 Å². The minimum atomic E-state index is -0.438. The van der Waals surface area contributed by atoms with Crippen molar-refractivity contribution < 1.29 is 14.4 Å². The molecule has 0 spiro atoms. The van der Waals surface area contributed by atoms with Crippen LogP contribution in [0.3, 0.4) is 0 Å². The van der Waals surface area contributed by atoms with Crippen LogP contribution in [0.4, 0.5) is 0 Å². The Hall–Kier alpha value is -1.45. The lowest BCUT2D eigenvalue weighted by molar-refractivity contribution is -0.434. The maximum atomic E-state index is 9.05. The number of hydroxylamine groups is 2. The van der Waals surface area contributed by atoms with E-state index in [-0.39, 0.29) is 18.2 Å². The summed E-state index contributed by atoms with van der Waals surface area (Å²) in [6, 6.07) is 12.5. The summed E-state index contributed by atoms with van der Waals surface area (Å²) in [4.78, 5) is 11.2. The first kappa shape index (κ1) is 13.5. The van der Waals surface area contributed by atoms with E-state index < -0.39 is 6.10 Å². The van der Waals surface area contributed by atoms with Gasteiger partial charge in [-0.1, -0.05) is 35.6 Å². The number of ether oxygens (including phenoxy) is 1. The summed E-state index contributed by atoms with van der Waals surface area (Å²) < 4.78 is 5.58. The summed E-state index contributed by atoms with van der Waals surface area (Å²) in [7, 11) is 0. The van der Waals surface area contributed by atoms with Crippen LogP contribution in [-0.4, -0.2) is 30.3 Å². The van der Waals surface area contributed by atoms with Crippen molar-refractivity contribution in [2.75, 3.05) is 6.61 Å². The van der Waals surface area contributed by atoms with E-state index >= 15 is 0 Å². The summed E-state index contributed by atoms with van der Waals surface area (Å²) in [6.07, 6.45) is 0.681. The van der Waals surface area contributed by atoms with Crippen molar-refractivity contribution in [1.29, 1.82) is 5.26 Å². The van der Waals surface area contributed by atoms with Gasteiger partial charge in [0.2, 0.25) is 0 Å². The van der Waals surface area contributed by atoms with Crippen LogP contribution in [0.15, 0.2) is 30.3 Å². The van der Waals surface area contributed by atoms with Crippen molar-refractivity contribution in [2.24, 2.45) is 0 Å². The highest BCUT2D eigenvalue weighted by Gasteiger charge is 2.46. The molecule has 0 radical (unpaired) electrons. The van der Waals surface area contributed by atoms with E-state index in [4.69, 9.17) is 19.7 Å². The first-order valence-corrected chi connectivity index (χ1v) is 7.00. The Morgan fingerprint density at radius 1 is 1.30 bits per heavy atom. The van der Waals surface area contributed by atoms with E-state index in [1.165, 1.54) is 10.8 Å². The van der Waals surface area contributed by atoms with Crippen LogP contribution in [0, 0.1) is 11.3 Å². The highest BCUT2D eigenvalue weighted by atomic mass is 17.0. The SMILES string of the molecule is CCO[C@@H]1C[C@H](c2ccccc2)[C@H]2C[C@H](C#N)ON2O1. The Morgan fingerprint density at radius 3 is 2.80 bits per heavy atom. The van der Waals surface area contributed by atoms with Crippen molar-refractivity contribution in [3.63, 3.8) is 0 Å². The number of hydrogen-bond acceptors (Lipinski definition) is 5. The number of benzene rings is 1. The van der Waals surface area contributed by atoms with Crippen LogP contribution >= 0.6 is 0 Å². The molecule has 5 heteroatoms. The average molecular weight is 274 g/mol. The Labute approximate surface area is 118 Å². The molecule has 2 aliphatic rings.